The van der Waals surface area contributed by atoms with Gasteiger partial charge in [-0.25, -0.2) is 0 Å². The number of hydrazone groups is 1. The first kappa shape index (κ1) is 24.9. The number of thioether (sulfide) groups is 2. The Balaban J connectivity index is 1.96. The lowest BCUT2D eigenvalue weighted by atomic mass is 10.1. The molecule has 0 bridgehead atoms. The van der Waals surface area contributed by atoms with Crippen LogP contribution in [0, 0.1) is 11.3 Å². The Labute approximate surface area is 189 Å². The van der Waals surface area contributed by atoms with E-state index in [1.54, 1.807) is 6.07 Å². The molecule has 0 amide bonds. The third-order valence-electron chi connectivity index (χ3n) is 3.99. The van der Waals surface area contributed by atoms with Crippen molar-refractivity contribution in [1.82, 2.24) is 9.78 Å². The first-order valence-corrected chi connectivity index (χ1v) is 10.2. The number of hydrogen-bond donors (Lipinski definition) is 6. The number of hydrogen-bond acceptors (Lipinski definition) is 13. The lowest BCUT2D eigenvalue weighted by molar-refractivity contribution is -0.383. The van der Waals surface area contributed by atoms with Crippen LogP contribution in [0.2, 0.25) is 0 Å². The number of fused-ring (bicyclic) bond motifs is 1. The van der Waals surface area contributed by atoms with E-state index in [0.717, 1.165) is 23.9 Å². The molecular formula is C16H12F3N5O7S2. The van der Waals surface area contributed by atoms with Gasteiger partial charge in [0.25, 0.3) is 5.56 Å². The summed E-state index contributed by atoms with van der Waals surface area (Å²) in [5, 5.41) is 72.8. The number of aliphatic hydroxyl groups is 6. The highest BCUT2D eigenvalue weighted by molar-refractivity contribution is 8.38. The minimum absolute atomic E-state index is 0.151. The predicted octanol–water partition coefficient (Wildman–Crippen LogP) is -0.617. The van der Waals surface area contributed by atoms with E-state index < -0.39 is 40.1 Å². The van der Waals surface area contributed by atoms with Gasteiger partial charge < -0.3 is 30.6 Å². The number of alkyl halides is 3. The summed E-state index contributed by atoms with van der Waals surface area (Å²) < 4.78 is 38.3. The zero-order valence-corrected chi connectivity index (χ0v) is 17.4. The van der Waals surface area contributed by atoms with Gasteiger partial charge in [-0.2, -0.15) is 33.6 Å². The van der Waals surface area contributed by atoms with Gasteiger partial charge in [0.15, 0.2) is 4.38 Å². The average Bonchev–Trinajstić information content (AvgIpc) is 2.69. The molecule has 176 valence electrons. The second-order valence-electron chi connectivity index (χ2n) is 6.33. The second-order valence-corrected chi connectivity index (χ2v) is 8.55. The smallest absolute Gasteiger partial charge is 0.324 e. The van der Waals surface area contributed by atoms with Crippen LogP contribution in [0.25, 0.3) is 0 Å². The van der Waals surface area contributed by atoms with Gasteiger partial charge >= 0.3 is 18.4 Å². The number of aromatic nitrogens is 2. The monoisotopic (exact) mass is 507 g/mol. The van der Waals surface area contributed by atoms with Crippen molar-refractivity contribution in [2.45, 2.75) is 29.0 Å². The van der Waals surface area contributed by atoms with E-state index in [0.29, 0.717) is 24.0 Å². The Morgan fingerprint density at radius 1 is 1.12 bits per heavy atom. The van der Waals surface area contributed by atoms with E-state index in [-0.39, 0.29) is 30.9 Å². The standard InChI is InChI=1S/C16H12F3N5O7S2/c17-14(18,19)9-2-1-7(8(3-9)4-20)6-32-13-22-23(15(26,27)28)10-5-21-24(16(29,30)31)12(25)11(10)33-13/h1-3,5,26-31H,6H2. The maximum Gasteiger partial charge on any atom is 0.416 e. The molecule has 33 heavy (non-hydrogen) atoms. The molecule has 1 aromatic carbocycles. The molecule has 2 aromatic rings. The van der Waals surface area contributed by atoms with Gasteiger partial charge in [0.05, 0.1) is 23.4 Å². The molecule has 0 fully saturated rings. The topological polar surface area (TPSA) is 196 Å². The van der Waals surface area contributed by atoms with Crippen molar-refractivity contribution in [3.8, 4) is 6.07 Å². The molecule has 0 aliphatic carbocycles. The summed E-state index contributed by atoms with van der Waals surface area (Å²) in [5.41, 5.74) is -2.95. The highest BCUT2D eigenvalue weighted by atomic mass is 32.2. The quantitative estimate of drug-likeness (QED) is 0.288. The van der Waals surface area contributed by atoms with Crippen LogP contribution < -0.4 is 10.6 Å². The van der Waals surface area contributed by atoms with Gasteiger partial charge in [-0.3, -0.25) is 4.79 Å². The van der Waals surface area contributed by atoms with Crippen molar-refractivity contribution in [2.75, 3.05) is 5.01 Å². The van der Waals surface area contributed by atoms with Gasteiger partial charge in [0, 0.05) is 5.75 Å². The Hall–Kier alpha value is -2.69. The lowest BCUT2D eigenvalue weighted by Crippen LogP contribution is -2.49. The Kier molecular flexibility index (Phi) is 6.49. The minimum Gasteiger partial charge on any atom is -0.324 e. The van der Waals surface area contributed by atoms with Crippen molar-refractivity contribution in [2.24, 2.45) is 5.10 Å². The maximum atomic E-state index is 12.9. The van der Waals surface area contributed by atoms with Crippen LogP contribution >= 0.6 is 23.5 Å². The van der Waals surface area contributed by atoms with E-state index in [1.165, 1.54) is 0 Å². The Morgan fingerprint density at radius 2 is 1.79 bits per heavy atom. The fourth-order valence-electron chi connectivity index (χ4n) is 2.54. The molecule has 0 saturated heterocycles. The summed E-state index contributed by atoms with van der Waals surface area (Å²) in [4.78, 5) is 12.0. The van der Waals surface area contributed by atoms with E-state index in [2.05, 4.69) is 10.2 Å². The number of nitriles is 1. The molecule has 1 aliphatic rings. The molecular weight excluding hydrogens is 495 g/mol. The highest BCUT2D eigenvalue weighted by Gasteiger charge is 2.39. The molecule has 0 radical (unpaired) electrons. The normalized spacial score (nSPS) is 14.5. The van der Waals surface area contributed by atoms with Crippen LogP contribution in [-0.4, -0.2) is 50.9 Å². The third kappa shape index (κ3) is 5.29. The van der Waals surface area contributed by atoms with Crippen LogP contribution in [0.1, 0.15) is 16.7 Å². The molecule has 1 aromatic heterocycles. The summed E-state index contributed by atoms with van der Waals surface area (Å²) in [5.74, 6) is -0.158. The van der Waals surface area contributed by atoms with Crippen molar-refractivity contribution in [3.63, 3.8) is 0 Å². The summed E-state index contributed by atoms with van der Waals surface area (Å²) in [6.45, 7) is 0. The van der Waals surface area contributed by atoms with Crippen molar-refractivity contribution in [3.05, 3.63) is 51.4 Å². The molecule has 12 nitrogen and oxygen atoms in total. The van der Waals surface area contributed by atoms with Crippen molar-refractivity contribution < 1.29 is 43.8 Å². The Morgan fingerprint density at radius 3 is 2.33 bits per heavy atom. The van der Waals surface area contributed by atoms with Crippen molar-refractivity contribution in [1.29, 1.82) is 5.26 Å². The van der Waals surface area contributed by atoms with E-state index in [9.17, 15) is 53.9 Å². The van der Waals surface area contributed by atoms with E-state index >= 15 is 0 Å². The average molecular weight is 507 g/mol. The molecule has 2 heterocycles. The fraction of sp³-hybridized carbons (Fsp3) is 0.250. The minimum atomic E-state index is -4.66. The predicted molar refractivity (Wildman–Crippen MR) is 106 cm³/mol. The molecule has 1 aliphatic heterocycles. The van der Waals surface area contributed by atoms with E-state index in [4.69, 9.17) is 0 Å². The van der Waals surface area contributed by atoms with Crippen molar-refractivity contribution >= 4 is 33.6 Å². The first-order valence-electron chi connectivity index (χ1n) is 8.39. The summed E-state index contributed by atoms with van der Waals surface area (Å²) >= 11 is 1.29. The second kappa shape index (κ2) is 8.58. The molecule has 17 heteroatoms. The first-order chi connectivity index (χ1) is 15.1. The molecule has 0 atom stereocenters. The van der Waals surface area contributed by atoms with Gasteiger partial charge in [-0.15, -0.1) is 4.68 Å². The molecule has 0 spiro atoms. The van der Waals surface area contributed by atoms with Gasteiger partial charge in [0.1, 0.15) is 10.6 Å². The number of benzene rings is 1. The largest absolute Gasteiger partial charge is 0.416 e. The number of halogens is 3. The zero-order valence-electron chi connectivity index (χ0n) is 15.8. The zero-order chi connectivity index (χ0) is 24.8. The molecule has 3 rings (SSSR count). The van der Waals surface area contributed by atoms with Crippen LogP contribution in [0.4, 0.5) is 18.9 Å². The summed E-state index contributed by atoms with van der Waals surface area (Å²) in [6, 6.07) is 4.13. The van der Waals surface area contributed by atoms with Crippen LogP contribution in [0.15, 0.2) is 39.2 Å². The summed E-state index contributed by atoms with van der Waals surface area (Å²) in [6.07, 6.45) is -11.3. The molecule has 6 N–H and O–H groups in total. The molecule has 0 saturated carbocycles. The highest BCUT2D eigenvalue weighted by Crippen LogP contribution is 2.39. The van der Waals surface area contributed by atoms with Gasteiger partial charge in [-0.1, -0.05) is 29.6 Å². The number of rotatable bonds is 4. The third-order valence-corrected chi connectivity index (χ3v) is 6.22. The Bertz CT molecular complexity index is 1220. The van der Waals surface area contributed by atoms with E-state index in [1.807, 2.05) is 0 Å². The molecule has 0 unspecified atom stereocenters. The van der Waals surface area contributed by atoms with Gasteiger partial charge in [-0.05, 0) is 17.7 Å². The lowest BCUT2D eigenvalue weighted by Gasteiger charge is -2.32. The van der Waals surface area contributed by atoms with Crippen LogP contribution in [0.3, 0.4) is 0 Å². The maximum absolute atomic E-state index is 12.9. The van der Waals surface area contributed by atoms with Crippen LogP contribution in [0.5, 0.6) is 0 Å². The fourth-order valence-corrected chi connectivity index (χ4v) is 4.59. The number of nitrogens with zero attached hydrogens (tertiary/aromatic N) is 5. The summed E-state index contributed by atoms with van der Waals surface area (Å²) in [7, 11) is 0. The van der Waals surface area contributed by atoms with Crippen LogP contribution in [-0.2, 0) is 18.0 Å². The van der Waals surface area contributed by atoms with Gasteiger partial charge in [0.2, 0.25) is 0 Å². The SMILES string of the molecule is N#Cc1cc(C(F)(F)F)ccc1CSC1=NN(C(O)(O)O)c2cnn(C(O)(O)O)c(=O)c2S1. The number of anilines is 1.